The van der Waals surface area contributed by atoms with Crippen LogP contribution in [0.15, 0.2) is 18.2 Å². The van der Waals surface area contributed by atoms with E-state index in [1.54, 1.807) is 20.2 Å². The zero-order valence-electron chi connectivity index (χ0n) is 11.9. The van der Waals surface area contributed by atoms with E-state index in [4.69, 9.17) is 14.2 Å². The topological polar surface area (TPSA) is 60.0 Å². The van der Waals surface area contributed by atoms with E-state index in [9.17, 15) is 9.50 Å². The number of rotatable bonds is 10. The molecule has 0 radical (unpaired) electrons. The monoisotopic (exact) mass is 287 g/mol. The highest BCUT2D eigenvalue weighted by atomic mass is 19.1. The minimum Gasteiger partial charge on any atom is -0.490 e. The van der Waals surface area contributed by atoms with Gasteiger partial charge in [0.05, 0.1) is 19.8 Å². The van der Waals surface area contributed by atoms with Crippen molar-refractivity contribution < 1.29 is 23.7 Å². The Morgan fingerprint density at radius 2 is 2.10 bits per heavy atom. The molecule has 0 fully saturated rings. The van der Waals surface area contributed by atoms with Gasteiger partial charge in [-0.2, -0.15) is 0 Å². The van der Waals surface area contributed by atoms with Crippen LogP contribution >= 0.6 is 0 Å². The van der Waals surface area contributed by atoms with Gasteiger partial charge >= 0.3 is 0 Å². The van der Waals surface area contributed by atoms with Gasteiger partial charge in [-0.1, -0.05) is 0 Å². The molecule has 0 saturated carbocycles. The lowest BCUT2D eigenvalue weighted by Crippen LogP contribution is -2.24. The van der Waals surface area contributed by atoms with E-state index in [2.05, 4.69) is 5.32 Å². The fourth-order valence-electron chi connectivity index (χ4n) is 1.61. The molecule has 1 rings (SSSR count). The van der Waals surface area contributed by atoms with Crippen LogP contribution in [0.3, 0.4) is 0 Å². The van der Waals surface area contributed by atoms with Gasteiger partial charge in [0.25, 0.3) is 0 Å². The van der Waals surface area contributed by atoms with E-state index in [1.807, 2.05) is 0 Å². The van der Waals surface area contributed by atoms with Crippen molar-refractivity contribution in [2.24, 2.45) is 0 Å². The van der Waals surface area contributed by atoms with Crippen LogP contribution < -0.4 is 10.1 Å². The summed E-state index contributed by atoms with van der Waals surface area (Å²) in [5.74, 6) is 0.239. The summed E-state index contributed by atoms with van der Waals surface area (Å²) < 4.78 is 28.7. The van der Waals surface area contributed by atoms with Crippen molar-refractivity contribution >= 4 is 0 Å². The standard InChI is InChI=1S/C14H22FNO4/c1-16-8-11-7-12(15)3-4-14(11)20-10-13(17)9-19-6-5-18-2/h3-4,7,13,16-17H,5-6,8-10H2,1-2H3. The van der Waals surface area contributed by atoms with Gasteiger partial charge in [0.15, 0.2) is 0 Å². The largest absolute Gasteiger partial charge is 0.490 e. The number of aliphatic hydroxyl groups excluding tert-OH is 1. The van der Waals surface area contributed by atoms with E-state index < -0.39 is 6.10 Å². The number of benzene rings is 1. The summed E-state index contributed by atoms with van der Waals surface area (Å²) in [7, 11) is 3.36. The van der Waals surface area contributed by atoms with Crippen LogP contribution in [0.4, 0.5) is 4.39 Å². The molecule has 1 aromatic rings. The maximum atomic E-state index is 13.1. The van der Waals surface area contributed by atoms with Crippen molar-refractivity contribution in [1.29, 1.82) is 0 Å². The number of hydrogen-bond acceptors (Lipinski definition) is 5. The number of halogens is 1. The highest BCUT2D eigenvalue weighted by molar-refractivity contribution is 5.33. The van der Waals surface area contributed by atoms with E-state index in [0.717, 1.165) is 0 Å². The smallest absolute Gasteiger partial charge is 0.124 e. The molecular weight excluding hydrogens is 265 g/mol. The molecule has 1 aromatic carbocycles. The number of hydrogen-bond donors (Lipinski definition) is 2. The Kier molecular flexibility index (Phi) is 8.13. The number of ether oxygens (including phenoxy) is 3. The summed E-state index contributed by atoms with van der Waals surface area (Å²) in [6.07, 6.45) is -0.737. The van der Waals surface area contributed by atoms with Gasteiger partial charge in [0.1, 0.15) is 24.3 Å². The van der Waals surface area contributed by atoms with Crippen molar-refractivity contribution in [2.75, 3.05) is 40.6 Å². The zero-order valence-corrected chi connectivity index (χ0v) is 11.9. The van der Waals surface area contributed by atoms with Crippen LogP contribution in [-0.2, 0) is 16.0 Å². The first-order valence-corrected chi connectivity index (χ1v) is 6.48. The normalized spacial score (nSPS) is 12.4. The molecule has 0 aromatic heterocycles. The van der Waals surface area contributed by atoms with Gasteiger partial charge in [0, 0.05) is 19.2 Å². The highest BCUT2D eigenvalue weighted by Crippen LogP contribution is 2.19. The second-order valence-corrected chi connectivity index (χ2v) is 4.31. The lowest BCUT2D eigenvalue weighted by molar-refractivity contribution is -0.00433. The predicted molar refractivity (Wildman–Crippen MR) is 73.4 cm³/mol. The van der Waals surface area contributed by atoms with E-state index in [-0.39, 0.29) is 19.0 Å². The molecule has 20 heavy (non-hydrogen) atoms. The molecule has 114 valence electrons. The van der Waals surface area contributed by atoms with Crippen LogP contribution in [0, 0.1) is 5.82 Å². The molecule has 0 aliphatic heterocycles. The summed E-state index contributed by atoms with van der Waals surface area (Å²) >= 11 is 0. The third kappa shape index (κ3) is 6.29. The Balaban J connectivity index is 2.40. The van der Waals surface area contributed by atoms with Gasteiger partial charge < -0.3 is 24.6 Å². The molecule has 5 nitrogen and oxygen atoms in total. The van der Waals surface area contributed by atoms with Crippen molar-refractivity contribution in [3.63, 3.8) is 0 Å². The van der Waals surface area contributed by atoms with Gasteiger partial charge in [-0.25, -0.2) is 4.39 Å². The maximum absolute atomic E-state index is 13.1. The fourth-order valence-corrected chi connectivity index (χ4v) is 1.61. The van der Waals surface area contributed by atoms with E-state index in [1.165, 1.54) is 12.1 Å². The number of methoxy groups -OCH3 is 1. The second-order valence-electron chi connectivity index (χ2n) is 4.31. The molecule has 0 aliphatic rings. The Hall–Kier alpha value is -1.21. The van der Waals surface area contributed by atoms with Gasteiger partial charge in [-0.3, -0.25) is 0 Å². The summed E-state index contributed by atoms with van der Waals surface area (Å²) in [6.45, 7) is 1.67. The third-order valence-corrected chi connectivity index (χ3v) is 2.56. The first-order chi connectivity index (χ1) is 9.67. The van der Waals surface area contributed by atoms with Crippen molar-refractivity contribution in [3.8, 4) is 5.75 Å². The summed E-state index contributed by atoms with van der Waals surface area (Å²) in [5, 5.41) is 12.6. The quantitative estimate of drug-likeness (QED) is 0.627. The Labute approximate surface area is 118 Å². The molecule has 1 atom stereocenters. The molecule has 1 unspecified atom stereocenters. The number of nitrogens with one attached hydrogen (secondary N) is 1. The van der Waals surface area contributed by atoms with Crippen molar-refractivity contribution in [1.82, 2.24) is 5.32 Å². The van der Waals surface area contributed by atoms with E-state index >= 15 is 0 Å². The molecule has 0 aliphatic carbocycles. The lowest BCUT2D eigenvalue weighted by atomic mass is 10.2. The van der Waals surface area contributed by atoms with Gasteiger partial charge in [-0.05, 0) is 25.2 Å². The second kappa shape index (κ2) is 9.66. The SMILES string of the molecule is CNCc1cc(F)ccc1OCC(O)COCCOC. The predicted octanol–water partition coefficient (Wildman–Crippen LogP) is 0.948. The van der Waals surface area contributed by atoms with Gasteiger partial charge in [0.2, 0.25) is 0 Å². The third-order valence-electron chi connectivity index (χ3n) is 2.56. The molecule has 0 saturated heterocycles. The van der Waals surface area contributed by atoms with Crippen LogP contribution in [0.25, 0.3) is 0 Å². The number of aliphatic hydroxyl groups is 1. The summed E-state index contributed by atoms with van der Waals surface area (Å²) in [6, 6.07) is 4.30. The Morgan fingerprint density at radius 1 is 1.30 bits per heavy atom. The minimum absolute atomic E-state index is 0.0926. The Bertz CT molecular complexity index is 389. The van der Waals surface area contributed by atoms with Gasteiger partial charge in [-0.15, -0.1) is 0 Å². The zero-order chi connectivity index (χ0) is 14.8. The van der Waals surface area contributed by atoms with Crippen molar-refractivity contribution in [3.05, 3.63) is 29.6 Å². The molecule has 0 heterocycles. The molecule has 6 heteroatoms. The Morgan fingerprint density at radius 3 is 2.80 bits per heavy atom. The highest BCUT2D eigenvalue weighted by Gasteiger charge is 2.09. The minimum atomic E-state index is -0.737. The molecule has 0 bridgehead atoms. The molecule has 0 amide bonds. The molecule has 0 spiro atoms. The molecule has 2 N–H and O–H groups in total. The van der Waals surface area contributed by atoms with Crippen LogP contribution in [-0.4, -0.2) is 51.8 Å². The molecular formula is C14H22FNO4. The van der Waals surface area contributed by atoms with Crippen LogP contribution in [0.1, 0.15) is 5.56 Å². The van der Waals surface area contributed by atoms with Crippen LogP contribution in [0.5, 0.6) is 5.75 Å². The lowest BCUT2D eigenvalue weighted by Gasteiger charge is -2.15. The summed E-state index contributed by atoms with van der Waals surface area (Å²) in [4.78, 5) is 0. The maximum Gasteiger partial charge on any atom is 0.124 e. The van der Waals surface area contributed by atoms with Crippen molar-refractivity contribution in [2.45, 2.75) is 12.6 Å². The van der Waals surface area contributed by atoms with E-state index in [0.29, 0.717) is 31.1 Å². The average molecular weight is 287 g/mol. The first-order valence-electron chi connectivity index (χ1n) is 6.48. The first kappa shape index (κ1) is 16.8. The van der Waals surface area contributed by atoms with Crippen LogP contribution in [0.2, 0.25) is 0 Å². The summed E-state index contributed by atoms with van der Waals surface area (Å²) in [5.41, 5.74) is 0.708. The fraction of sp³-hybridized carbons (Fsp3) is 0.571. The average Bonchev–Trinajstić information content (AvgIpc) is 2.43.